The van der Waals surface area contributed by atoms with Crippen LogP contribution in [0.4, 0.5) is 0 Å². The average Bonchev–Trinajstić information content (AvgIpc) is 3.25. The lowest BCUT2D eigenvalue weighted by atomic mass is 10.0. The molecule has 3 aromatic rings. The Kier molecular flexibility index (Phi) is 3.63. The predicted octanol–water partition coefficient (Wildman–Crippen LogP) is 2.97. The zero-order valence-electron chi connectivity index (χ0n) is 15.2. The van der Waals surface area contributed by atoms with Gasteiger partial charge in [0.05, 0.1) is 11.7 Å². The maximum Gasteiger partial charge on any atom is 0.274 e. The Hall–Kier alpha value is -2.63. The number of carbonyl (C=O) groups excluding carboxylic acids is 1. The smallest absolute Gasteiger partial charge is 0.274 e. The Balaban J connectivity index is 1.70. The molecular weight excluding hydrogens is 314 g/mol. The van der Waals surface area contributed by atoms with Gasteiger partial charge in [-0.1, -0.05) is 0 Å². The van der Waals surface area contributed by atoms with Gasteiger partial charge in [0, 0.05) is 37.2 Å². The van der Waals surface area contributed by atoms with E-state index in [0.717, 1.165) is 42.0 Å². The van der Waals surface area contributed by atoms with E-state index < -0.39 is 0 Å². The number of imidazole rings is 1. The Morgan fingerprint density at radius 3 is 2.80 bits per heavy atom. The van der Waals surface area contributed by atoms with E-state index in [2.05, 4.69) is 17.0 Å². The Morgan fingerprint density at radius 2 is 2.08 bits per heavy atom. The largest absolute Gasteiger partial charge is 0.330 e. The van der Waals surface area contributed by atoms with Crippen molar-refractivity contribution >= 4 is 11.6 Å². The number of likely N-dealkylation sites (tertiary alicyclic amines) is 1. The van der Waals surface area contributed by atoms with Gasteiger partial charge < -0.3 is 9.30 Å². The highest BCUT2D eigenvalue weighted by Crippen LogP contribution is 2.36. The number of fused-ring (bicyclic) bond motifs is 1. The SMILES string of the molecule is Cc1ccn2cc(C(=O)N3CCC[C@H]3c3c(C)nn(C)c3C)nc2c1. The van der Waals surface area contributed by atoms with E-state index in [-0.39, 0.29) is 11.9 Å². The molecule has 0 radical (unpaired) electrons. The van der Waals surface area contributed by atoms with Gasteiger partial charge in [-0.3, -0.25) is 9.48 Å². The topological polar surface area (TPSA) is 55.4 Å². The molecule has 4 rings (SSSR count). The molecule has 6 nitrogen and oxygen atoms in total. The molecule has 0 unspecified atom stereocenters. The van der Waals surface area contributed by atoms with Crippen molar-refractivity contribution in [3.63, 3.8) is 0 Å². The second kappa shape index (κ2) is 5.72. The minimum Gasteiger partial charge on any atom is -0.330 e. The number of hydrogen-bond acceptors (Lipinski definition) is 3. The molecule has 1 atom stereocenters. The standard InChI is InChI=1S/C19H23N5O/c1-12-7-9-23-11-15(20-17(23)10-12)19(25)24-8-5-6-16(24)18-13(2)21-22(4)14(18)3/h7,9-11,16H,5-6,8H2,1-4H3/t16-/m0/s1. The molecule has 3 aromatic heterocycles. The van der Waals surface area contributed by atoms with Gasteiger partial charge in [-0.05, 0) is 51.3 Å². The third-order valence-electron chi connectivity index (χ3n) is 5.25. The molecule has 1 aliphatic rings. The first-order chi connectivity index (χ1) is 12.0. The van der Waals surface area contributed by atoms with Gasteiger partial charge in [0.2, 0.25) is 0 Å². The van der Waals surface area contributed by atoms with Gasteiger partial charge in [-0.25, -0.2) is 4.98 Å². The molecule has 0 saturated carbocycles. The van der Waals surface area contributed by atoms with Crippen LogP contribution in [0, 0.1) is 20.8 Å². The van der Waals surface area contributed by atoms with E-state index in [1.807, 2.05) is 59.4 Å². The second-order valence-electron chi connectivity index (χ2n) is 6.96. The summed E-state index contributed by atoms with van der Waals surface area (Å²) in [6.45, 7) is 6.89. The molecule has 1 saturated heterocycles. The van der Waals surface area contributed by atoms with E-state index >= 15 is 0 Å². The fourth-order valence-corrected chi connectivity index (χ4v) is 3.92. The fraction of sp³-hybridized carbons (Fsp3) is 0.421. The normalized spacial score (nSPS) is 17.6. The van der Waals surface area contributed by atoms with E-state index in [9.17, 15) is 4.79 Å². The molecule has 130 valence electrons. The van der Waals surface area contributed by atoms with Gasteiger partial charge in [-0.15, -0.1) is 0 Å². The van der Waals surface area contributed by atoms with Crippen LogP contribution in [0.3, 0.4) is 0 Å². The number of aryl methyl sites for hydroxylation is 3. The number of pyridine rings is 1. The summed E-state index contributed by atoms with van der Waals surface area (Å²) >= 11 is 0. The summed E-state index contributed by atoms with van der Waals surface area (Å²) in [5.41, 5.74) is 5.79. The van der Waals surface area contributed by atoms with Gasteiger partial charge >= 0.3 is 0 Å². The summed E-state index contributed by atoms with van der Waals surface area (Å²) < 4.78 is 3.81. The Labute approximate surface area is 147 Å². The average molecular weight is 337 g/mol. The molecule has 0 N–H and O–H groups in total. The third-order valence-corrected chi connectivity index (χ3v) is 5.25. The fourth-order valence-electron chi connectivity index (χ4n) is 3.92. The highest BCUT2D eigenvalue weighted by molar-refractivity contribution is 5.93. The van der Waals surface area contributed by atoms with Gasteiger partial charge in [0.1, 0.15) is 11.3 Å². The number of nitrogens with zero attached hydrogens (tertiary/aromatic N) is 5. The monoisotopic (exact) mass is 337 g/mol. The van der Waals surface area contributed by atoms with Crippen molar-refractivity contribution in [3.05, 3.63) is 52.7 Å². The Bertz CT molecular complexity index is 968. The molecule has 1 aliphatic heterocycles. The van der Waals surface area contributed by atoms with Crippen LogP contribution in [0.25, 0.3) is 5.65 Å². The summed E-state index contributed by atoms with van der Waals surface area (Å²) in [6, 6.07) is 4.10. The molecule has 0 bridgehead atoms. The van der Waals surface area contributed by atoms with Crippen LogP contribution in [0.15, 0.2) is 24.5 Å². The summed E-state index contributed by atoms with van der Waals surface area (Å²) in [7, 11) is 1.96. The summed E-state index contributed by atoms with van der Waals surface area (Å²) in [5, 5.41) is 4.53. The van der Waals surface area contributed by atoms with Crippen LogP contribution in [0.2, 0.25) is 0 Å². The number of amides is 1. The predicted molar refractivity (Wildman–Crippen MR) is 95.6 cm³/mol. The van der Waals surface area contributed by atoms with Crippen molar-refractivity contribution in [2.45, 2.75) is 39.7 Å². The van der Waals surface area contributed by atoms with Crippen LogP contribution in [0.5, 0.6) is 0 Å². The number of aromatic nitrogens is 4. The number of carbonyl (C=O) groups is 1. The molecule has 0 aliphatic carbocycles. The van der Waals surface area contributed by atoms with E-state index in [1.165, 1.54) is 5.56 Å². The first-order valence-corrected chi connectivity index (χ1v) is 8.72. The quantitative estimate of drug-likeness (QED) is 0.722. The third kappa shape index (κ3) is 2.52. The first-order valence-electron chi connectivity index (χ1n) is 8.72. The molecule has 1 fully saturated rings. The number of hydrogen-bond donors (Lipinski definition) is 0. The van der Waals surface area contributed by atoms with Crippen LogP contribution < -0.4 is 0 Å². The van der Waals surface area contributed by atoms with Crippen LogP contribution >= 0.6 is 0 Å². The van der Waals surface area contributed by atoms with E-state index in [4.69, 9.17) is 0 Å². The minimum atomic E-state index is 0.00602. The second-order valence-corrected chi connectivity index (χ2v) is 6.96. The van der Waals surface area contributed by atoms with Crippen molar-refractivity contribution < 1.29 is 4.79 Å². The van der Waals surface area contributed by atoms with Gasteiger partial charge in [0.15, 0.2) is 0 Å². The van der Waals surface area contributed by atoms with Crippen molar-refractivity contribution in [1.82, 2.24) is 24.1 Å². The maximum absolute atomic E-state index is 13.1. The zero-order valence-corrected chi connectivity index (χ0v) is 15.2. The first kappa shape index (κ1) is 15.9. The minimum absolute atomic E-state index is 0.00602. The van der Waals surface area contributed by atoms with Crippen LogP contribution in [-0.4, -0.2) is 36.5 Å². The van der Waals surface area contributed by atoms with Crippen molar-refractivity contribution in [2.75, 3.05) is 6.54 Å². The summed E-state index contributed by atoms with van der Waals surface area (Å²) in [6.07, 6.45) is 5.77. The molecule has 6 heteroatoms. The lowest BCUT2D eigenvalue weighted by Gasteiger charge is -2.24. The van der Waals surface area contributed by atoms with Crippen molar-refractivity contribution in [1.29, 1.82) is 0 Å². The van der Waals surface area contributed by atoms with E-state index in [1.54, 1.807) is 0 Å². The van der Waals surface area contributed by atoms with Crippen molar-refractivity contribution in [3.8, 4) is 0 Å². The molecular formula is C19H23N5O. The molecule has 0 spiro atoms. The lowest BCUT2D eigenvalue weighted by Crippen LogP contribution is -2.31. The molecule has 1 amide bonds. The number of rotatable bonds is 2. The molecule has 25 heavy (non-hydrogen) atoms. The zero-order chi connectivity index (χ0) is 17.7. The lowest BCUT2D eigenvalue weighted by molar-refractivity contribution is 0.0729. The highest BCUT2D eigenvalue weighted by Gasteiger charge is 2.34. The summed E-state index contributed by atoms with van der Waals surface area (Å²) in [5.74, 6) is 0.00602. The maximum atomic E-state index is 13.1. The molecule has 0 aromatic carbocycles. The Morgan fingerprint density at radius 1 is 1.28 bits per heavy atom. The molecule has 4 heterocycles. The van der Waals surface area contributed by atoms with Gasteiger partial charge in [0.25, 0.3) is 5.91 Å². The van der Waals surface area contributed by atoms with Gasteiger partial charge in [-0.2, -0.15) is 5.10 Å². The highest BCUT2D eigenvalue weighted by atomic mass is 16.2. The van der Waals surface area contributed by atoms with Crippen LogP contribution in [0.1, 0.15) is 51.9 Å². The summed E-state index contributed by atoms with van der Waals surface area (Å²) in [4.78, 5) is 19.6. The van der Waals surface area contributed by atoms with Crippen molar-refractivity contribution in [2.24, 2.45) is 7.05 Å². The van der Waals surface area contributed by atoms with Crippen LogP contribution in [-0.2, 0) is 7.05 Å². The van der Waals surface area contributed by atoms with E-state index in [0.29, 0.717) is 5.69 Å².